The molecular weight excluding hydrogens is 279 g/mol. The molecule has 2 nitrogen and oxygen atoms in total. The number of halogens is 2. The molecule has 19 heavy (non-hydrogen) atoms. The highest BCUT2D eigenvalue weighted by atomic mass is 35.5. The minimum absolute atomic E-state index is 0.605. The minimum Gasteiger partial charge on any atom is -0.399 e. The lowest BCUT2D eigenvalue weighted by molar-refractivity contribution is 0.313. The van der Waals surface area contributed by atoms with Gasteiger partial charge in [-0.2, -0.15) is 0 Å². The van der Waals surface area contributed by atoms with Crippen LogP contribution in [0.2, 0.25) is 10.0 Å². The van der Waals surface area contributed by atoms with Gasteiger partial charge >= 0.3 is 0 Å². The zero-order chi connectivity index (χ0) is 14.0. The molecule has 0 saturated heterocycles. The minimum atomic E-state index is 0.605. The summed E-state index contributed by atoms with van der Waals surface area (Å²) >= 11 is 12.5. The van der Waals surface area contributed by atoms with Crippen LogP contribution in [0.1, 0.15) is 25.8 Å². The number of hydrogen-bond acceptors (Lipinski definition) is 2. The van der Waals surface area contributed by atoms with E-state index in [2.05, 4.69) is 24.8 Å². The number of benzene rings is 1. The van der Waals surface area contributed by atoms with E-state index in [1.54, 1.807) is 12.1 Å². The highest BCUT2D eigenvalue weighted by Crippen LogP contribution is 2.36. The summed E-state index contributed by atoms with van der Waals surface area (Å²) in [5.41, 5.74) is 8.50. The summed E-state index contributed by atoms with van der Waals surface area (Å²) in [5, 5.41) is 1.28. The molecule has 1 heterocycles. The lowest BCUT2D eigenvalue weighted by atomic mass is 9.98. The van der Waals surface area contributed by atoms with Gasteiger partial charge in [-0.1, -0.05) is 43.1 Å². The van der Waals surface area contributed by atoms with Gasteiger partial charge in [0.15, 0.2) is 0 Å². The molecule has 0 unspecified atom stereocenters. The van der Waals surface area contributed by atoms with E-state index in [1.165, 1.54) is 11.5 Å². The zero-order valence-corrected chi connectivity index (χ0v) is 12.9. The second kappa shape index (κ2) is 6.17. The summed E-state index contributed by atoms with van der Waals surface area (Å²) in [6, 6.07) is 3.53. The third kappa shape index (κ3) is 3.65. The highest BCUT2D eigenvalue weighted by molar-refractivity contribution is 6.38. The fraction of sp³-hybridized carbons (Fsp3) is 0.400. The number of anilines is 1. The van der Waals surface area contributed by atoms with Crippen LogP contribution in [0.25, 0.3) is 5.57 Å². The Morgan fingerprint density at radius 1 is 1.26 bits per heavy atom. The van der Waals surface area contributed by atoms with Gasteiger partial charge in [-0.3, -0.25) is 4.90 Å². The van der Waals surface area contributed by atoms with Crippen LogP contribution in [0.4, 0.5) is 5.69 Å². The molecule has 0 spiro atoms. The lowest BCUT2D eigenvalue weighted by Crippen LogP contribution is -2.31. The van der Waals surface area contributed by atoms with Crippen molar-refractivity contribution in [3.63, 3.8) is 0 Å². The standard InChI is InChI=1S/C15H19Cl2N2/c1-10(2)9-19-5-3-11(4-6-19)15-13(16)7-12(18)8-14(15)17/h3,7-8H,4-6,9,18H2,1-2H3. The van der Waals surface area contributed by atoms with Crippen molar-refractivity contribution in [2.75, 3.05) is 25.4 Å². The fourth-order valence-corrected chi connectivity index (χ4v) is 3.18. The Labute approximate surface area is 125 Å². The monoisotopic (exact) mass is 297 g/mol. The maximum absolute atomic E-state index is 6.27. The maximum atomic E-state index is 6.27. The number of rotatable bonds is 3. The van der Waals surface area contributed by atoms with Crippen LogP contribution in [-0.4, -0.2) is 24.5 Å². The molecular formula is C15H19Cl2N2. The lowest BCUT2D eigenvalue weighted by Gasteiger charge is -2.28. The first kappa shape index (κ1) is 14.7. The predicted octanol–water partition coefficient (Wildman–Crippen LogP) is 4.28. The summed E-state index contributed by atoms with van der Waals surface area (Å²) in [4.78, 5) is 2.41. The molecule has 103 valence electrons. The van der Waals surface area contributed by atoms with Gasteiger partial charge in [-0.15, -0.1) is 0 Å². The SMILES string of the molecule is C[C](C)CN1CC=C(c2c(Cl)cc(N)cc2Cl)CC1. The molecule has 0 bridgehead atoms. The third-order valence-electron chi connectivity index (χ3n) is 3.22. The summed E-state index contributed by atoms with van der Waals surface area (Å²) in [5.74, 6) is 1.43. The van der Waals surface area contributed by atoms with Crippen molar-refractivity contribution in [1.29, 1.82) is 0 Å². The van der Waals surface area contributed by atoms with Crippen molar-refractivity contribution in [1.82, 2.24) is 4.90 Å². The van der Waals surface area contributed by atoms with E-state index in [4.69, 9.17) is 28.9 Å². The van der Waals surface area contributed by atoms with Gasteiger partial charge in [-0.25, -0.2) is 0 Å². The van der Waals surface area contributed by atoms with Crippen LogP contribution in [0, 0.1) is 5.92 Å². The van der Waals surface area contributed by atoms with E-state index in [1.807, 2.05) is 0 Å². The Kier molecular flexibility index (Phi) is 4.77. The number of nitrogens with two attached hydrogens (primary N) is 1. The highest BCUT2D eigenvalue weighted by Gasteiger charge is 2.18. The molecule has 0 amide bonds. The van der Waals surface area contributed by atoms with E-state index in [0.29, 0.717) is 15.7 Å². The average Bonchev–Trinajstić information content (AvgIpc) is 2.29. The largest absolute Gasteiger partial charge is 0.399 e. The molecule has 2 N–H and O–H groups in total. The van der Waals surface area contributed by atoms with Crippen molar-refractivity contribution in [2.24, 2.45) is 0 Å². The number of hydrogen-bond donors (Lipinski definition) is 1. The molecule has 1 radical (unpaired) electrons. The molecule has 1 aliphatic rings. The molecule has 0 atom stereocenters. The fourth-order valence-electron chi connectivity index (χ4n) is 2.43. The van der Waals surface area contributed by atoms with E-state index in [0.717, 1.165) is 31.6 Å². The van der Waals surface area contributed by atoms with E-state index >= 15 is 0 Å². The molecule has 0 fully saturated rings. The number of nitrogens with zero attached hydrogens (tertiary/aromatic N) is 1. The van der Waals surface area contributed by atoms with E-state index in [-0.39, 0.29) is 0 Å². The molecule has 1 aromatic rings. The summed E-state index contributed by atoms with van der Waals surface area (Å²) in [6.45, 7) is 7.35. The topological polar surface area (TPSA) is 29.3 Å². The molecule has 1 aromatic carbocycles. The zero-order valence-electron chi connectivity index (χ0n) is 11.3. The Morgan fingerprint density at radius 3 is 2.37 bits per heavy atom. The molecule has 0 aromatic heterocycles. The Hall–Kier alpha value is -0.700. The quantitative estimate of drug-likeness (QED) is 0.844. The normalized spacial score (nSPS) is 16.8. The molecule has 0 aliphatic carbocycles. The van der Waals surface area contributed by atoms with Gasteiger partial charge < -0.3 is 5.73 Å². The summed E-state index contributed by atoms with van der Waals surface area (Å²) in [6.07, 6.45) is 3.19. The van der Waals surface area contributed by atoms with Crippen LogP contribution in [0.5, 0.6) is 0 Å². The molecule has 0 saturated carbocycles. The van der Waals surface area contributed by atoms with Gasteiger partial charge in [0.2, 0.25) is 0 Å². The van der Waals surface area contributed by atoms with Crippen molar-refractivity contribution in [3.8, 4) is 0 Å². The average molecular weight is 298 g/mol. The second-order valence-electron chi connectivity index (χ2n) is 5.28. The summed E-state index contributed by atoms with van der Waals surface area (Å²) < 4.78 is 0. The second-order valence-corrected chi connectivity index (χ2v) is 6.10. The first-order valence-corrected chi connectivity index (χ1v) is 7.18. The maximum Gasteiger partial charge on any atom is 0.0516 e. The Morgan fingerprint density at radius 2 is 1.89 bits per heavy atom. The van der Waals surface area contributed by atoms with Gasteiger partial charge in [-0.05, 0) is 30.0 Å². The summed E-state index contributed by atoms with van der Waals surface area (Å²) in [7, 11) is 0. The first-order chi connectivity index (χ1) is 8.97. The van der Waals surface area contributed by atoms with E-state index in [9.17, 15) is 0 Å². The van der Waals surface area contributed by atoms with Crippen LogP contribution in [0.3, 0.4) is 0 Å². The van der Waals surface area contributed by atoms with Gasteiger partial charge in [0.1, 0.15) is 0 Å². The van der Waals surface area contributed by atoms with E-state index < -0.39 is 0 Å². The van der Waals surface area contributed by atoms with Crippen molar-refractivity contribution in [3.05, 3.63) is 39.7 Å². The number of nitrogen functional groups attached to an aromatic ring is 1. The van der Waals surface area contributed by atoms with Crippen LogP contribution in [-0.2, 0) is 0 Å². The van der Waals surface area contributed by atoms with Crippen molar-refractivity contribution >= 4 is 34.5 Å². The van der Waals surface area contributed by atoms with Gasteiger partial charge in [0.25, 0.3) is 0 Å². The Balaban J connectivity index is 2.19. The molecule has 2 rings (SSSR count). The van der Waals surface area contributed by atoms with Crippen LogP contribution >= 0.6 is 23.2 Å². The predicted molar refractivity (Wildman–Crippen MR) is 84.5 cm³/mol. The van der Waals surface area contributed by atoms with Crippen LogP contribution in [0.15, 0.2) is 18.2 Å². The first-order valence-electron chi connectivity index (χ1n) is 6.42. The molecule has 1 aliphatic heterocycles. The van der Waals surface area contributed by atoms with Crippen molar-refractivity contribution in [2.45, 2.75) is 20.3 Å². The van der Waals surface area contributed by atoms with Crippen LogP contribution < -0.4 is 5.73 Å². The van der Waals surface area contributed by atoms with Gasteiger partial charge in [0, 0.05) is 30.9 Å². The third-order valence-corrected chi connectivity index (χ3v) is 3.81. The van der Waals surface area contributed by atoms with Crippen molar-refractivity contribution < 1.29 is 0 Å². The molecule has 4 heteroatoms. The Bertz CT molecular complexity index is 472. The van der Waals surface area contributed by atoms with Gasteiger partial charge in [0.05, 0.1) is 10.0 Å². The smallest absolute Gasteiger partial charge is 0.0516 e.